The van der Waals surface area contributed by atoms with E-state index in [9.17, 15) is 8.42 Å². The number of H-pyrrole nitrogens is 1. The molecule has 0 saturated carbocycles. The number of aryl methyl sites for hydroxylation is 2. The van der Waals surface area contributed by atoms with Gasteiger partial charge in [0.1, 0.15) is 10.6 Å². The molecular formula is C12H15N3O3S. The molecule has 0 fully saturated rings. The predicted molar refractivity (Wildman–Crippen MR) is 71.2 cm³/mol. The zero-order valence-corrected chi connectivity index (χ0v) is 11.5. The summed E-state index contributed by atoms with van der Waals surface area (Å²) in [4.78, 5) is -0.00324. The van der Waals surface area contributed by atoms with Crippen LogP contribution >= 0.6 is 0 Å². The molecule has 0 aliphatic rings. The van der Waals surface area contributed by atoms with Gasteiger partial charge < -0.3 is 5.11 Å². The number of aliphatic hydroxyl groups is 1. The number of nitrogens with one attached hydrogen (secondary N) is 2. The fourth-order valence-electron chi connectivity index (χ4n) is 1.85. The lowest BCUT2D eigenvalue weighted by molar-refractivity contribution is 0.273. The maximum absolute atomic E-state index is 12.3. The largest absolute Gasteiger partial charge is 0.390 e. The van der Waals surface area contributed by atoms with E-state index in [1.165, 1.54) is 0 Å². The molecule has 3 N–H and O–H groups in total. The van der Waals surface area contributed by atoms with Crippen LogP contribution in [-0.2, 0) is 16.6 Å². The first-order valence-electron chi connectivity index (χ1n) is 5.68. The van der Waals surface area contributed by atoms with Crippen LogP contribution in [0.1, 0.15) is 17.0 Å². The quantitative estimate of drug-likeness (QED) is 0.787. The summed E-state index contributed by atoms with van der Waals surface area (Å²) in [5, 5.41) is 15.5. The predicted octanol–water partition coefficient (Wildman–Crippen LogP) is 1.32. The average Bonchev–Trinajstić information content (AvgIpc) is 2.70. The first-order chi connectivity index (χ1) is 8.94. The standard InChI is InChI=1S/C12H15N3O3S/c1-8-4-3-5-10(6-8)15-19(17,18)12-9(2)13-14-11(12)7-16/h3-6,15-16H,7H2,1-2H3,(H,13,14). The minimum absolute atomic E-state index is 0.00324. The van der Waals surface area contributed by atoms with Crippen molar-refractivity contribution in [1.29, 1.82) is 0 Å². The number of hydrogen-bond donors (Lipinski definition) is 3. The average molecular weight is 281 g/mol. The molecule has 1 heterocycles. The van der Waals surface area contributed by atoms with Gasteiger partial charge in [-0.25, -0.2) is 8.42 Å². The number of aromatic nitrogens is 2. The van der Waals surface area contributed by atoms with Crippen molar-refractivity contribution >= 4 is 15.7 Å². The van der Waals surface area contributed by atoms with Crippen LogP contribution in [0, 0.1) is 13.8 Å². The van der Waals surface area contributed by atoms with Crippen molar-refractivity contribution in [3.63, 3.8) is 0 Å². The van der Waals surface area contributed by atoms with Crippen LogP contribution in [0.5, 0.6) is 0 Å². The van der Waals surface area contributed by atoms with Crippen molar-refractivity contribution in [3.8, 4) is 0 Å². The third kappa shape index (κ3) is 2.77. The Morgan fingerprint density at radius 2 is 2.11 bits per heavy atom. The first-order valence-corrected chi connectivity index (χ1v) is 7.16. The number of sulfonamides is 1. The Labute approximate surface area is 111 Å². The molecule has 1 aromatic heterocycles. The molecule has 6 nitrogen and oxygen atoms in total. The number of aromatic amines is 1. The lowest BCUT2D eigenvalue weighted by Crippen LogP contribution is -2.15. The Balaban J connectivity index is 2.40. The molecule has 0 aliphatic carbocycles. The molecule has 102 valence electrons. The minimum atomic E-state index is -3.76. The van der Waals surface area contributed by atoms with Crippen LogP contribution in [0.25, 0.3) is 0 Å². The summed E-state index contributed by atoms with van der Waals surface area (Å²) >= 11 is 0. The molecule has 0 saturated heterocycles. The van der Waals surface area contributed by atoms with Crippen molar-refractivity contribution in [1.82, 2.24) is 10.2 Å². The normalized spacial score (nSPS) is 11.5. The van der Waals surface area contributed by atoms with E-state index in [1.54, 1.807) is 25.1 Å². The summed E-state index contributed by atoms with van der Waals surface area (Å²) in [5.74, 6) is 0. The number of nitrogens with zero attached hydrogens (tertiary/aromatic N) is 1. The zero-order valence-electron chi connectivity index (χ0n) is 10.6. The van der Waals surface area contributed by atoms with E-state index in [1.807, 2.05) is 13.0 Å². The fourth-order valence-corrected chi connectivity index (χ4v) is 3.26. The van der Waals surface area contributed by atoms with Gasteiger partial charge in [0.25, 0.3) is 10.0 Å². The Morgan fingerprint density at radius 1 is 1.37 bits per heavy atom. The van der Waals surface area contributed by atoms with E-state index in [2.05, 4.69) is 14.9 Å². The summed E-state index contributed by atoms with van der Waals surface area (Å²) in [5.41, 5.74) is 1.93. The molecule has 0 radical (unpaired) electrons. The second-order valence-electron chi connectivity index (χ2n) is 4.26. The van der Waals surface area contributed by atoms with Gasteiger partial charge in [-0.1, -0.05) is 12.1 Å². The van der Waals surface area contributed by atoms with E-state index in [-0.39, 0.29) is 10.6 Å². The van der Waals surface area contributed by atoms with Crippen molar-refractivity contribution in [2.24, 2.45) is 0 Å². The van der Waals surface area contributed by atoms with Crippen molar-refractivity contribution < 1.29 is 13.5 Å². The molecule has 0 aliphatic heterocycles. The highest BCUT2D eigenvalue weighted by atomic mass is 32.2. The van der Waals surface area contributed by atoms with E-state index < -0.39 is 16.6 Å². The molecule has 0 spiro atoms. The molecule has 0 amide bonds. The Morgan fingerprint density at radius 3 is 2.74 bits per heavy atom. The smallest absolute Gasteiger partial charge is 0.265 e. The highest BCUT2D eigenvalue weighted by Gasteiger charge is 2.23. The molecule has 0 unspecified atom stereocenters. The van der Waals surface area contributed by atoms with Gasteiger partial charge in [-0.05, 0) is 31.5 Å². The Kier molecular flexibility index (Phi) is 3.59. The molecule has 7 heteroatoms. The first kappa shape index (κ1) is 13.6. The maximum atomic E-state index is 12.3. The zero-order chi connectivity index (χ0) is 14.0. The third-order valence-electron chi connectivity index (χ3n) is 2.65. The number of rotatable bonds is 4. The molecular weight excluding hydrogens is 266 g/mol. The van der Waals surface area contributed by atoms with Gasteiger partial charge in [-0.15, -0.1) is 0 Å². The van der Waals surface area contributed by atoms with Gasteiger partial charge in [-0.3, -0.25) is 9.82 Å². The maximum Gasteiger partial charge on any atom is 0.265 e. The Hall–Kier alpha value is -1.86. The van der Waals surface area contributed by atoms with E-state index >= 15 is 0 Å². The van der Waals surface area contributed by atoms with Crippen molar-refractivity contribution in [3.05, 3.63) is 41.2 Å². The van der Waals surface area contributed by atoms with E-state index in [4.69, 9.17) is 5.11 Å². The van der Waals surface area contributed by atoms with Crippen LogP contribution in [0.2, 0.25) is 0 Å². The van der Waals surface area contributed by atoms with Crippen LogP contribution in [-0.4, -0.2) is 23.7 Å². The highest BCUT2D eigenvalue weighted by Crippen LogP contribution is 2.21. The van der Waals surface area contributed by atoms with E-state index in [0.29, 0.717) is 11.4 Å². The summed E-state index contributed by atoms with van der Waals surface area (Å²) in [6, 6.07) is 7.03. The molecule has 19 heavy (non-hydrogen) atoms. The molecule has 0 bridgehead atoms. The molecule has 1 aromatic carbocycles. The number of hydrogen-bond acceptors (Lipinski definition) is 4. The summed E-state index contributed by atoms with van der Waals surface area (Å²) in [6.07, 6.45) is 0. The summed E-state index contributed by atoms with van der Waals surface area (Å²) in [6.45, 7) is 3.03. The van der Waals surface area contributed by atoms with Crippen LogP contribution < -0.4 is 4.72 Å². The topological polar surface area (TPSA) is 95.1 Å². The number of anilines is 1. The van der Waals surface area contributed by atoms with Crippen molar-refractivity contribution in [2.75, 3.05) is 4.72 Å². The second-order valence-corrected chi connectivity index (χ2v) is 5.88. The highest BCUT2D eigenvalue weighted by molar-refractivity contribution is 7.92. The van der Waals surface area contributed by atoms with Gasteiger partial charge in [0.15, 0.2) is 0 Å². The van der Waals surface area contributed by atoms with Gasteiger partial charge in [0, 0.05) is 5.69 Å². The Bertz CT molecular complexity index is 692. The number of benzene rings is 1. The van der Waals surface area contributed by atoms with Gasteiger partial charge in [-0.2, -0.15) is 5.10 Å². The van der Waals surface area contributed by atoms with Crippen LogP contribution in [0.4, 0.5) is 5.69 Å². The minimum Gasteiger partial charge on any atom is -0.390 e. The summed E-state index contributed by atoms with van der Waals surface area (Å²) in [7, 11) is -3.76. The molecule has 2 aromatic rings. The van der Waals surface area contributed by atoms with Crippen LogP contribution in [0.15, 0.2) is 29.2 Å². The second kappa shape index (κ2) is 5.02. The van der Waals surface area contributed by atoms with E-state index in [0.717, 1.165) is 5.56 Å². The third-order valence-corrected chi connectivity index (χ3v) is 4.23. The van der Waals surface area contributed by atoms with Gasteiger partial charge in [0.05, 0.1) is 12.3 Å². The van der Waals surface area contributed by atoms with Gasteiger partial charge >= 0.3 is 0 Å². The lowest BCUT2D eigenvalue weighted by Gasteiger charge is -2.09. The molecule has 0 atom stereocenters. The molecule has 2 rings (SSSR count). The fraction of sp³-hybridized carbons (Fsp3) is 0.250. The number of aliphatic hydroxyl groups excluding tert-OH is 1. The monoisotopic (exact) mass is 281 g/mol. The van der Waals surface area contributed by atoms with Gasteiger partial charge in [0.2, 0.25) is 0 Å². The SMILES string of the molecule is Cc1cccc(NS(=O)(=O)c2c(CO)n[nH]c2C)c1. The van der Waals surface area contributed by atoms with Crippen molar-refractivity contribution in [2.45, 2.75) is 25.3 Å². The lowest BCUT2D eigenvalue weighted by atomic mass is 10.2. The summed E-state index contributed by atoms with van der Waals surface area (Å²) < 4.78 is 27.1. The van der Waals surface area contributed by atoms with Crippen LogP contribution in [0.3, 0.4) is 0 Å².